The van der Waals surface area contributed by atoms with E-state index >= 15 is 0 Å². The minimum atomic E-state index is -1.70. The van der Waals surface area contributed by atoms with E-state index in [0.29, 0.717) is 34.0 Å². The summed E-state index contributed by atoms with van der Waals surface area (Å²) in [4.78, 5) is 22.7. The van der Waals surface area contributed by atoms with E-state index in [1.54, 1.807) is 48.5 Å². The van der Waals surface area contributed by atoms with Crippen LogP contribution in [0, 0.1) is 0 Å². The lowest BCUT2D eigenvalue weighted by molar-refractivity contribution is -0.161. The minimum Gasteiger partial charge on any atom is -0.479 e. The highest BCUT2D eigenvalue weighted by atomic mass is 35.5. The molecule has 0 atom stereocenters. The van der Waals surface area contributed by atoms with E-state index in [0.717, 1.165) is 6.29 Å². The van der Waals surface area contributed by atoms with Gasteiger partial charge in [-0.25, -0.2) is 4.79 Å². The molecule has 2 aromatic carbocycles. The number of aliphatic carboxylic acids is 1. The number of hydrogen-bond donors (Lipinski definition) is 1. The van der Waals surface area contributed by atoms with Crippen molar-refractivity contribution >= 4 is 35.5 Å². The lowest BCUT2D eigenvalue weighted by Gasteiger charge is -2.31. The number of carboxylic acids is 1. The van der Waals surface area contributed by atoms with Crippen LogP contribution in [0.3, 0.4) is 0 Å². The van der Waals surface area contributed by atoms with Crippen molar-refractivity contribution in [2.45, 2.75) is 18.4 Å². The Kier molecular flexibility index (Phi) is 6.37. The van der Waals surface area contributed by atoms with Gasteiger partial charge in [-0.05, 0) is 41.8 Å². The summed E-state index contributed by atoms with van der Waals surface area (Å²) in [6, 6.07) is 12.9. The Labute approximate surface area is 150 Å². The smallest absolute Gasteiger partial charge is 0.345 e. The maximum Gasteiger partial charge on any atom is 0.345 e. The molecule has 0 amide bonds. The zero-order valence-corrected chi connectivity index (χ0v) is 14.3. The zero-order valence-electron chi connectivity index (χ0n) is 12.7. The molecule has 0 saturated carbocycles. The van der Waals surface area contributed by atoms with Crippen LogP contribution in [0.1, 0.15) is 24.0 Å². The van der Waals surface area contributed by atoms with Crippen molar-refractivity contribution in [1.29, 1.82) is 0 Å². The normalized spacial score (nSPS) is 11.2. The first-order valence-corrected chi connectivity index (χ1v) is 8.09. The van der Waals surface area contributed by atoms with Gasteiger partial charge in [0, 0.05) is 23.1 Å². The summed E-state index contributed by atoms with van der Waals surface area (Å²) in [5.41, 5.74) is -0.821. The summed E-state index contributed by atoms with van der Waals surface area (Å²) in [6.07, 6.45) is 1.51. The van der Waals surface area contributed by atoms with Crippen LogP contribution in [0.2, 0.25) is 10.0 Å². The monoisotopic (exact) mass is 366 g/mol. The molecular formula is C18H16Cl2O4. The zero-order chi connectivity index (χ0) is 17.6. The van der Waals surface area contributed by atoms with Gasteiger partial charge in [-0.1, -0.05) is 47.5 Å². The summed E-state index contributed by atoms with van der Waals surface area (Å²) < 4.78 is 5.80. The Balaban J connectivity index is 2.51. The number of carbonyl (C=O) groups is 2. The van der Waals surface area contributed by atoms with Gasteiger partial charge in [0.1, 0.15) is 6.29 Å². The van der Waals surface area contributed by atoms with E-state index < -0.39 is 11.6 Å². The van der Waals surface area contributed by atoms with E-state index in [1.165, 1.54) is 0 Å². The molecule has 1 N–H and O–H groups in total. The molecule has 0 bridgehead atoms. The van der Waals surface area contributed by atoms with Crippen LogP contribution in [0.25, 0.3) is 0 Å². The average Bonchev–Trinajstić information content (AvgIpc) is 2.57. The highest BCUT2D eigenvalue weighted by Gasteiger charge is 2.43. The second kappa shape index (κ2) is 8.29. The third-order valence-electron chi connectivity index (χ3n) is 3.59. The molecule has 2 aromatic rings. The summed E-state index contributed by atoms with van der Waals surface area (Å²) in [5.74, 6) is -1.15. The quantitative estimate of drug-likeness (QED) is 0.558. The van der Waals surface area contributed by atoms with Crippen molar-refractivity contribution in [1.82, 2.24) is 0 Å². The Morgan fingerprint density at radius 1 is 1.00 bits per heavy atom. The van der Waals surface area contributed by atoms with Gasteiger partial charge in [-0.15, -0.1) is 0 Å². The molecule has 24 heavy (non-hydrogen) atoms. The van der Waals surface area contributed by atoms with Crippen molar-refractivity contribution in [3.05, 3.63) is 69.7 Å². The second-order valence-electron chi connectivity index (χ2n) is 5.16. The number of hydrogen-bond acceptors (Lipinski definition) is 3. The lowest BCUT2D eigenvalue weighted by atomic mass is 9.86. The maximum atomic E-state index is 12.2. The number of carboxylic acid groups (broad SMARTS) is 1. The molecule has 0 aromatic heterocycles. The first kappa shape index (κ1) is 18.5. The molecular weight excluding hydrogens is 351 g/mol. The molecule has 6 heteroatoms. The van der Waals surface area contributed by atoms with Gasteiger partial charge in [0.2, 0.25) is 5.60 Å². The third kappa shape index (κ3) is 3.96. The lowest BCUT2D eigenvalue weighted by Crippen LogP contribution is -2.40. The summed E-state index contributed by atoms with van der Waals surface area (Å²) in [6.45, 7) is 0.121. The van der Waals surface area contributed by atoms with Crippen molar-refractivity contribution in [3.63, 3.8) is 0 Å². The molecule has 0 radical (unpaired) electrons. The Bertz CT molecular complexity index is 650. The van der Waals surface area contributed by atoms with E-state index in [2.05, 4.69) is 0 Å². The molecule has 0 aliphatic carbocycles. The van der Waals surface area contributed by atoms with Crippen molar-refractivity contribution in [2.24, 2.45) is 0 Å². The predicted octanol–water partition coefficient (Wildman–Crippen LogP) is 4.32. The maximum absolute atomic E-state index is 12.2. The highest BCUT2D eigenvalue weighted by Crippen LogP contribution is 2.35. The Morgan fingerprint density at radius 3 is 1.83 bits per heavy atom. The first-order chi connectivity index (χ1) is 11.5. The molecule has 0 fully saturated rings. The van der Waals surface area contributed by atoms with E-state index in [4.69, 9.17) is 27.9 Å². The van der Waals surface area contributed by atoms with Gasteiger partial charge in [0.15, 0.2) is 0 Å². The molecule has 0 aliphatic rings. The summed E-state index contributed by atoms with van der Waals surface area (Å²) in [5, 5.41) is 11.0. The summed E-state index contributed by atoms with van der Waals surface area (Å²) >= 11 is 11.8. The first-order valence-electron chi connectivity index (χ1n) is 7.34. The molecule has 2 rings (SSSR count). The Hall–Kier alpha value is -1.88. The van der Waals surface area contributed by atoms with Crippen molar-refractivity contribution < 1.29 is 19.4 Å². The molecule has 0 unspecified atom stereocenters. The van der Waals surface area contributed by atoms with Gasteiger partial charge < -0.3 is 14.6 Å². The fraction of sp³-hybridized carbons (Fsp3) is 0.222. The molecule has 0 saturated heterocycles. The topological polar surface area (TPSA) is 63.6 Å². The number of benzene rings is 2. The van der Waals surface area contributed by atoms with Crippen LogP contribution in [-0.2, 0) is 19.9 Å². The largest absolute Gasteiger partial charge is 0.479 e. The number of unbranched alkanes of at least 4 members (excludes halogenated alkanes) is 1. The fourth-order valence-electron chi connectivity index (χ4n) is 2.40. The second-order valence-corrected chi connectivity index (χ2v) is 6.03. The molecule has 0 spiro atoms. The molecule has 126 valence electrons. The van der Waals surface area contributed by atoms with Crippen molar-refractivity contribution in [3.8, 4) is 0 Å². The SMILES string of the molecule is O=CCCCOC(C(=O)O)(c1ccc(Cl)cc1)c1ccc(Cl)cc1. The number of aldehydes is 1. The van der Waals surface area contributed by atoms with Crippen LogP contribution in [-0.4, -0.2) is 24.0 Å². The van der Waals surface area contributed by atoms with Crippen LogP contribution in [0.4, 0.5) is 0 Å². The number of ether oxygens (including phenoxy) is 1. The molecule has 0 aliphatic heterocycles. The van der Waals surface area contributed by atoms with Gasteiger partial charge >= 0.3 is 5.97 Å². The number of rotatable bonds is 8. The highest BCUT2D eigenvalue weighted by molar-refractivity contribution is 6.30. The minimum absolute atomic E-state index is 0.121. The third-order valence-corrected chi connectivity index (χ3v) is 4.09. The number of carbonyl (C=O) groups excluding carboxylic acids is 1. The standard InChI is InChI=1S/C18H16Cl2O4/c19-15-7-3-13(4-8-15)18(17(22)23,24-12-2-1-11-21)14-5-9-16(20)10-6-14/h3-11H,1-2,12H2,(H,22,23). The van der Waals surface area contributed by atoms with Crippen LogP contribution >= 0.6 is 23.2 Å². The average molecular weight is 367 g/mol. The number of halogens is 2. The van der Waals surface area contributed by atoms with E-state index in [-0.39, 0.29) is 6.61 Å². The van der Waals surface area contributed by atoms with Crippen LogP contribution < -0.4 is 0 Å². The predicted molar refractivity (Wildman–Crippen MR) is 92.6 cm³/mol. The van der Waals surface area contributed by atoms with Gasteiger partial charge in [-0.3, -0.25) is 0 Å². The summed E-state index contributed by atoms with van der Waals surface area (Å²) in [7, 11) is 0. The van der Waals surface area contributed by atoms with E-state index in [1.807, 2.05) is 0 Å². The van der Waals surface area contributed by atoms with E-state index in [9.17, 15) is 14.7 Å². The van der Waals surface area contributed by atoms with Crippen molar-refractivity contribution in [2.75, 3.05) is 6.61 Å². The molecule has 0 heterocycles. The Morgan fingerprint density at radius 2 is 1.46 bits per heavy atom. The molecule has 4 nitrogen and oxygen atoms in total. The van der Waals surface area contributed by atoms with Gasteiger partial charge in [0.05, 0.1) is 0 Å². The fourth-order valence-corrected chi connectivity index (χ4v) is 2.66. The van der Waals surface area contributed by atoms with Crippen LogP contribution in [0.15, 0.2) is 48.5 Å². The van der Waals surface area contributed by atoms with Crippen LogP contribution in [0.5, 0.6) is 0 Å². The van der Waals surface area contributed by atoms with Gasteiger partial charge in [0.25, 0.3) is 0 Å². The van der Waals surface area contributed by atoms with Gasteiger partial charge in [-0.2, -0.15) is 0 Å².